The van der Waals surface area contributed by atoms with E-state index in [9.17, 15) is 4.79 Å². The quantitative estimate of drug-likeness (QED) is 0.652. The van der Waals surface area contributed by atoms with Crippen LogP contribution in [0.1, 0.15) is 10.4 Å². The first-order chi connectivity index (χ1) is 9.00. The highest BCUT2D eigenvalue weighted by atomic mass is 127. The van der Waals surface area contributed by atoms with Gasteiger partial charge in [-0.25, -0.2) is 0 Å². The molecular formula is C14H10Cl2INO. The van der Waals surface area contributed by atoms with Crippen molar-refractivity contribution in [2.75, 3.05) is 11.9 Å². The van der Waals surface area contributed by atoms with Crippen LogP contribution in [0.2, 0.25) is 10.0 Å². The van der Waals surface area contributed by atoms with E-state index in [1.54, 1.807) is 31.3 Å². The van der Waals surface area contributed by atoms with Crippen molar-refractivity contribution >= 4 is 57.4 Å². The molecule has 0 radical (unpaired) electrons. The van der Waals surface area contributed by atoms with Crippen LogP contribution in [0.15, 0.2) is 42.5 Å². The van der Waals surface area contributed by atoms with E-state index in [0.29, 0.717) is 21.3 Å². The Labute approximate surface area is 135 Å². The van der Waals surface area contributed by atoms with Gasteiger partial charge >= 0.3 is 0 Å². The Balaban J connectivity index is 2.37. The molecule has 2 aromatic carbocycles. The molecule has 0 fully saturated rings. The Hall–Kier alpha value is -0.780. The summed E-state index contributed by atoms with van der Waals surface area (Å²) in [4.78, 5) is 14.0. The maximum atomic E-state index is 12.4. The zero-order valence-electron chi connectivity index (χ0n) is 10.0. The molecule has 0 N–H and O–H groups in total. The van der Waals surface area contributed by atoms with Gasteiger partial charge in [-0.2, -0.15) is 0 Å². The number of anilines is 1. The first kappa shape index (κ1) is 14.6. The van der Waals surface area contributed by atoms with Gasteiger partial charge in [-0.05, 0) is 52.9 Å². The summed E-state index contributed by atoms with van der Waals surface area (Å²) in [5.41, 5.74) is 1.28. The fourth-order valence-corrected chi connectivity index (χ4v) is 2.83. The maximum absolute atomic E-state index is 12.4. The summed E-state index contributed by atoms with van der Waals surface area (Å²) in [7, 11) is 1.69. The fraction of sp³-hybridized carbons (Fsp3) is 0.0714. The molecule has 0 aromatic heterocycles. The molecule has 0 aliphatic rings. The van der Waals surface area contributed by atoms with Crippen molar-refractivity contribution in [2.45, 2.75) is 0 Å². The van der Waals surface area contributed by atoms with Crippen molar-refractivity contribution in [1.82, 2.24) is 0 Å². The van der Waals surface area contributed by atoms with Crippen LogP contribution >= 0.6 is 45.8 Å². The van der Waals surface area contributed by atoms with E-state index < -0.39 is 0 Å². The molecule has 0 saturated heterocycles. The van der Waals surface area contributed by atoms with Crippen molar-refractivity contribution in [3.63, 3.8) is 0 Å². The minimum absolute atomic E-state index is 0.103. The van der Waals surface area contributed by atoms with Gasteiger partial charge in [-0.1, -0.05) is 35.3 Å². The zero-order valence-corrected chi connectivity index (χ0v) is 13.7. The van der Waals surface area contributed by atoms with Crippen LogP contribution in [0.3, 0.4) is 0 Å². The minimum atomic E-state index is -0.103. The number of amides is 1. The molecule has 0 spiro atoms. The Bertz CT molecular complexity index is 631. The summed E-state index contributed by atoms with van der Waals surface area (Å²) in [6.45, 7) is 0. The molecule has 0 bridgehead atoms. The summed E-state index contributed by atoms with van der Waals surface area (Å²) < 4.78 is 0.905. The lowest BCUT2D eigenvalue weighted by Gasteiger charge is -2.19. The van der Waals surface area contributed by atoms with E-state index in [0.717, 1.165) is 3.57 Å². The van der Waals surface area contributed by atoms with E-state index in [2.05, 4.69) is 22.6 Å². The first-order valence-corrected chi connectivity index (χ1v) is 7.32. The molecule has 2 nitrogen and oxygen atoms in total. The second kappa shape index (κ2) is 6.11. The Morgan fingerprint density at radius 2 is 1.84 bits per heavy atom. The monoisotopic (exact) mass is 405 g/mol. The van der Waals surface area contributed by atoms with Crippen molar-refractivity contribution in [1.29, 1.82) is 0 Å². The largest absolute Gasteiger partial charge is 0.310 e. The Morgan fingerprint density at radius 3 is 2.47 bits per heavy atom. The molecular weight excluding hydrogens is 396 g/mol. The normalized spacial score (nSPS) is 10.3. The highest BCUT2D eigenvalue weighted by molar-refractivity contribution is 14.1. The van der Waals surface area contributed by atoms with E-state index >= 15 is 0 Å². The number of benzene rings is 2. The average Bonchev–Trinajstić information content (AvgIpc) is 2.38. The van der Waals surface area contributed by atoms with Gasteiger partial charge in [0, 0.05) is 15.6 Å². The molecule has 2 aromatic rings. The summed E-state index contributed by atoms with van der Waals surface area (Å²) >= 11 is 14.1. The third kappa shape index (κ3) is 3.22. The highest BCUT2D eigenvalue weighted by Crippen LogP contribution is 2.29. The Morgan fingerprint density at radius 1 is 1.16 bits per heavy atom. The maximum Gasteiger partial charge on any atom is 0.259 e. The molecule has 5 heteroatoms. The van der Waals surface area contributed by atoms with Crippen LogP contribution < -0.4 is 4.90 Å². The molecule has 0 heterocycles. The van der Waals surface area contributed by atoms with Crippen LogP contribution in [0.5, 0.6) is 0 Å². The number of nitrogens with zero attached hydrogens (tertiary/aromatic N) is 1. The predicted molar refractivity (Wildman–Crippen MR) is 88.4 cm³/mol. The number of hydrogen-bond acceptors (Lipinski definition) is 1. The molecule has 0 unspecified atom stereocenters. The molecule has 19 heavy (non-hydrogen) atoms. The SMILES string of the molecule is CN(C(=O)c1ccccc1I)c1ccc(Cl)cc1Cl. The van der Waals surface area contributed by atoms with Crippen LogP contribution in [0, 0.1) is 3.57 Å². The van der Waals surface area contributed by atoms with Crippen molar-refractivity contribution in [3.05, 3.63) is 61.6 Å². The molecule has 0 aliphatic carbocycles. The summed E-state index contributed by atoms with van der Waals surface area (Å²) in [5.74, 6) is -0.103. The topological polar surface area (TPSA) is 20.3 Å². The molecule has 0 atom stereocenters. The van der Waals surface area contributed by atoms with Gasteiger partial charge < -0.3 is 4.90 Å². The van der Waals surface area contributed by atoms with Crippen LogP contribution in [0.25, 0.3) is 0 Å². The smallest absolute Gasteiger partial charge is 0.259 e. The molecule has 1 amide bonds. The van der Waals surface area contributed by atoms with Gasteiger partial charge in [0.25, 0.3) is 5.91 Å². The molecule has 98 valence electrons. The fourth-order valence-electron chi connectivity index (χ4n) is 1.68. The number of carbonyl (C=O) groups excluding carboxylic acids is 1. The van der Waals surface area contributed by atoms with Gasteiger partial charge in [0.2, 0.25) is 0 Å². The van der Waals surface area contributed by atoms with Gasteiger partial charge in [0.1, 0.15) is 0 Å². The van der Waals surface area contributed by atoms with Crippen molar-refractivity contribution < 1.29 is 4.79 Å². The van der Waals surface area contributed by atoms with Gasteiger partial charge in [0.05, 0.1) is 16.3 Å². The van der Waals surface area contributed by atoms with E-state index in [1.807, 2.05) is 18.2 Å². The van der Waals surface area contributed by atoms with E-state index in [1.165, 1.54) is 4.90 Å². The van der Waals surface area contributed by atoms with Gasteiger partial charge in [-0.15, -0.1) is 0 Å². The summed E-state index contributed by atoms with van der Waals surface area (Å²) in [6.07, 6.45) is 0. The standard InChI is InChI=1S/C14H10Cl2INO/c1-18(13-7-6-9(15)8-11(13)16)14(19)10-4-2-3-5-12(10)17/h2-8H,1H3. The minimum Gasteiger partial charge on any atom is -0.310 e. The van der Waals surface area contributed by atoms with Crippen molar-refractivity contribution in [2.24, 2.45) is 0 Å². The van der Waals surface area contributed by atoms with Crippen LogP contribution in [-0.4, -0.2) is 13.0 Å². The van der Waals surface area contributed by atoms with Gasteiger partial charge in [0.15, 0.2) is 0 Å². The molecule has 0 saturated carbocycles. The van der Waals surface area contributed by atoms with E-state index in [-0.39, 0.29) is 5.91 Å². The average molecular weight is 406 g/mol. The lowest BCUT2D eigenvalue weighted by Crippen LogP contribution is -2.27. The molecule has 0 aliphatic heterocycles. The van der Waals surface area contributed by atoms with Crippen LogP contribution in [-0.2, 0) is 0 Å². The second-order valence-corrected chi connectivity index (χ2v) is 5.95. The highest BCUT2D eigenvalue weighted by Gasteiger charge is 2.17. The van der Waals surface area contributed by atoms with Crippen molar-refractivity contribution in [3.8, 4) is 0 Å². The van der Waals surface area contributed by atoms with Gasteiger partial charge in [-0.3, -0.25) is 4.79 Å². The zero-order chi connectivity index (χ0) is 14.0. The first-order valence-electron chi connectivity index (χ1n) is 5.48. The third-order valence-electron chi connectivity index (χ3n) is 2.68. The third-order valence-corrected chi connectivity index (χ3v) is 4.16. The van der Waals surface area contributed by atoms with Crippen LogP contribution in [0.4, 0.5) is 5.69 Å². The van der Waals surface area contributed by atoms with E-state index in [4.69, 9.17) is 23.2 Å². The number of carbonyl (C=O) groups is 1. The lowest BCUT2D eigenvalue weighted by molar-refractivity contribution is 0.0992. The lowest BCUT2D eigenvalue weighted by atomic mass is 10.2. The number of hydrogen-bond donors (Lipinski definition) is 0. The predicted octanol–water partition coefficient (Wildman–Crippen LogP) is 4.87. The number of rotatable bonds is 2. The summed E-state index contributed by atoms with van der Waals surface area (Å²) in [5, 5.41) is 0.998. The Kier molecular flexibility index (Phi) is 4.71. The summed E-state index contributed by atoms with van der Waals surface area (Å²) in [6, 6.07) is 12.5. The molecule has 2 rings (SSSR count). The second-order valence-electron chi connectivity index (χ2n) is 3.94. The number of halogens is 3.